The number of piperidine rings is 1. The molecule has 0 aromatic heterocycles. The summed E-state index contributed by atoms with van der Waals surface area (Å²) in [4.78, 5) is 24.7. The number of hydrogen-bond acceptors (Lipinski definition) is 5. The molecule has 1 saturated heterocycles. The van der Waals surface area contributed by atoms with E-state index in [9.17, 15) is 9.59 Å². The zero-order chi connectivity index (χ0) is 21.3. The van der Waals surface area contributed by atoms with Gasteiger partial charge in [-0.25, -0.2) is 0 Å². The Labute approximate surface area is 176 Å². The molecule has 0 aliphatic carbocycles. The third-order valence-corrected chi connectivity index (χ3v) is 6.00. The number of carbonyl (C=O) groups excluding carboxylic acids is 2. The fraction of sp³-hybridized carbons (Fsp3) is 0.500. The Hall–Kier alpha value is -2.60. The van der Waals surface area contributed by atoms with Gasteiger partial charge in [-0.3, -0.25) is 9.59 Å². The van der Waals surface area contributed by atoms with Gasteiger partial charge in [0.25, 0.3) is 0 Å². The number of benzene rings is 2. The van der Waals surface area contributed by atoms with Gasteiger partial charge in [0, 0.05) is 42.5 Å². The van der Waals surface area contributed by atoms with Crippen molar-refractivity contribution < 1.29 is 29.1 Å². The molecule has 1 fully saturated rings. The van der Waals surface area contributed by atoms with Crippen molar-refractivity contribution in [2.24, 2.45) is 5.92 Å². The fourth-order valence-corrected chi connectivity index (χ4v) is 4.45. The number of hydrogen-bond donors (Lipinski definition) is 1. The van der Waals surface area contributed by atoms with E-state index in [-0.39, 0.29) is 11.6 Å². The highest BCUT2D eigenvalue weighted by Gasteiger charge is 2.34. The molecule has 0 saturated carbocycles. The van der Waals surface area contributed by atoms with Crippen molar-refractivity contribution in [1.29, 1.82) is 0 Å². The molecule has 4 rings (SSSR count). The van der Waals surface area contributed by atoms with Crippen LogP contribution in [-0.4, -0.2) is 30.6 Å². The Bertz CT molecular complexity index is 975. The predicted octanol–water partition coefficient (Wildman–Crippen LogP) is 3.14. The van der Waals surface area contributed by atoms with Crippen LogP contribution in [0.3, 0.4) is 0 Å². The highest BCUT2D eigenvalue weighted by molar-refractivity contribution is 5.99. The highest BCUT2D eigenvalue weighted by Crippen LogP contribution is 2.50. The lowest BCUT2D eigenvalue weighted by Gasteiger charge is -2.34. The molecule has 6 nitrogen and oxygen atoms in total. The van der Waals surface area contributed by atoms with Crippen molar-refractivity contribution in [2.75, 3.05) is 13.1 Å². The molecule has 0 atom stereocenters. The zero-order valence-electron chi connectivity index (χ0n) is 18.0. The van der Waals surface area contributed by atoms with E-state index in [1.807, 2.05) is 38.1 Å². The summed E-state index contributed by atoms with van der Waals surface area (Å²) >= 11 is 0. The maximum absolute atomic E-state index is 12.8. The van der Waals surface area contributed by atoms with Gasteiger partial charge < -0.3 is 19.5 Å². The Morgan fingerprint density at radius 1 is 1.10 bits per heavy atom. The molecule has 6 heteroatoms. The quantitative estimate of drug-likeness (QED) is 0.617. The number of quaternary nitrogens is 1. The molecule has 30 heavy (non-hydrogen) atoms. The van der Waals surface area contributed by atoms with Crippen LogP contribution in [0.5, 0.6) is 17.2 Å². The molecular formula is C24H30NO5+. The van der Waals surface area contributed by atoms with Crippen molar-refractivity contribution in [1.82, 2.24) is 0 Å². The van der Waals surface area contributed by atoms with Gasteiger partial charge in [0.2, 0.25) is 0 Å². The average molecular weight is 413 g/mol. The van der Waals surface area contributed by atoms with Crippen molar-refractivity contribution in [3.63, 3.8) is 0 Å². The standard InChI is InChI=1S/C24H29NO5/c1-15(26)28-23-19-8-11-24(2,3)30-21(19)17-6-4-5-7-18(17)22(23)29-20(27)14-16-9-12-25-13-10-16/h4-7,16,25H,8-14H2,1-3H3/p+1. The van der Waals surface area contributed by atoms with Crippen LogP contribution in [0.1, 0.15) is 52.0 Å². The lowest BCUT2D eigenvalue weighted by Crippen LogP contribution is -2.86. The number of ether oxygens (including phenoxy) is 3. The first-order valence-corrected chi connectivity index (χ1v) is 10.8. The molecule has 2 N–H and O–H groups in total. The molecule has 0 bridgehead atoms. The topological polar surface area (TPSA) is 78.4 Å². The van der Waals surface area contributed by atoms with Crippen LogP contribution in [-0.2, 0) is 16.0 Å². The van der Waals surface area contributed by atoms with Gasteiger partial charge in [-0.2, -0.15) is 0 Å². The second-order valence-electron chi connectivity index (χ2n) is 8.95. The predicted molar refractivity (Wildman–Crippen MR) is 113 cm³/mol. The van der Waals surface area contributed by atoms with Crippen molar-refractivity contribution in [3.8, 4) is 17.2 Å². The number of rotatable bonds is 4. The Morgan fingerprint density at radius 2 is 1.80 bits per heavy atom. The summed E-state index contributed by atoms with van der Waals surface area (Å²) in [7, 11) is 0. The number of esters is 2. The van der Waals surface area contributed by atoms with Gasteiger partial charge >= 0.3 is 11.9 Å². The van der Waals surface area contributed by atoms with Crippen molar-refractivity contribution >= 4 is 22.7 Å². The Morgan fingerprint density at radius 3 is 2.50 bits per heavy atom. The molecule has 2 heterocycles. The molecule has 0 radical (unpaired) electrons. The number of nitrogens with two attached hydrogens (primary N) is 1. The van der Waals surface area contributed by atoms with E-state index < -0.39 is 5.97 Å². The molecular weight excluding hydrogens is 382 g/mol. The molecule has 0 unspecified atom stereocenters. The lowest BCUT2D eigenvalue weighted by molar-refractivity contribution is -0.664. The van der Waals surface area contributed by atoms with Crippen LogP contribution >= 0.6 is 0 Å². The van der Waals surface area contributed by atoms with Gasteiger partial charge in [-0.15, -0.1) is 0 Å². The minimum atomic E-state index is -0.447. The minimum absolute atomic E-state index is 0.280. The Kier molecular flexibility index (Phi) is 5.69. The van der Waals surface area contributed by atoms with E-state index in [2.05, 4.69) is 5.32 Å². The first-order chi connectivity index (χ1) is 14.3. The van der Waals surface area contributed by atoms with Crippen LogP contribution < -0.4 is 19.5 Å². The SMILES string of the molecule is CC(=O)Oc1c2c(c3ccccc3c1OC(=O)CC1CC[NH2+]CC1)OC(C)(C)CC2. The van der Waals surface area contributed by atoms with E-state index in [0.29, 0.717) is 36.0 Å². The molecule has 2 aromatic carbocycles. The maximum atomic E-state index is 12.8. The van der Waals surface area contributed by atoms with Crippen LogP contribution in [0.15, 0.2) is 24.3 Å². The van der Waals surface area contributed by atoms with Gasteiger partial charge in [0.05, 0.1) is 13.1 Å². The van der Waals surface area contributed by atoms with E-state index in [1.54, 1.807) is 0 Å². The third kappa shape index (κ3) is 4.29. The summed E-state index contributed by atoms with van der Waals surface area (Å²) in [5.41, 5.74) is 0.470. The van der Waals surface area contributed by atoms with Crippen LogP contribution in [0.4, 0.5) is 0 Å². The summed E-state index contributed by atoms with van der Waals surface area (Å²) in [6, 6.07) is 7.66. The van der Waals surface area contributed by atoms with Gasteiger partial charge in [0.1, 0.15) is 11.4 Å². The number of fused-ring (bicyclic) bond motifs is 3. The van der Waals surface area contributed by atoms with Crippen molar-refractivity contribution in [2.45, 2.75) is 58.5 Å². The monoisotopic (exact) mass is 412 g/mol. The van der Waals surface area contributed by atoms with Crippen LogP contribution in [0.2, 0.25) is 0 Å². The molecule has 2 aliphatic heterocycles. The third-order valence-electron chi connectivity index (χ3n) is 6.00. The summed E-state index contributed by atoms with van der Waals surface area (Å²) in [5.74, 6) is 0.968. The minimum Gasteiger partial charge on any atom is -0.487 e. The van der Waals surface area contributed by atoms with E-state index in [4.69, 9.17) is 14.2 Å². The molecule has 2 aromatic rings. The van der Waals surface area contributed by atoms with Crippen LogP contribution in [0, 0.1) is 5.92 Å². The molecule has 2 aliphatic rings. The second-order valence-corrected chi connectivity index (χ2v) is 8.95. The largest absolute Gasteiger partial charge is 0.487 e. The van der Waals surface area contributed by atoms with Crippen molar-refractivity contribution in [3.05, 3.63) is 29.8 Å². The normalized spacial score (nSPS) is 18.4. The first kappa shape index (κ1) is 20.7. The summed E-state index contributed by atoms with van der Waals surface area (Å²) in [5, 5.41) is 3.86. The van der Waals surface area contributed by atoms with Gasteiger partial charge in [0.15, 0.2) is 11.5 Å². The van der Waals surface area contributed by atoms with Gasteiger partial charge in [-0.05, 0) is 32.6 Å². The van der Waals surface area contributed by atoms with E-state index in [0.717, 1.165) is 48.7 Å². The highest BCUT2D eigenvalue weighted by atomic mass is 16.6. The van der Waals surface area contributed by atoms with E-state index in [1.165, 1.54) is 6.92 Å². The maximum Gasteiger partial charge on any atom is 0.311 e. The first-order valence-electron chi connectivity index (χ1n) is 10.8. The fourth-order valence-electron chi connectivity index (χ4n) is 4.45. The number of carbonyl (C=O) groups is 2. The smallest absolute Gasteiger partial charge is 0.311 e. The lowest BCUT2D eigenvalue weighted by atomic mass is 9.91. The molecule has 160 valence electrons. The second kappa shape index (κ2) is 8.26. The molecule has 0 spiro atoms. The Balaban J connectivity index is 1.77. The summed E-state index contributed by atoms with van der Waals surface area (Å²) in [6.45, 7) is 7.55. The van der Waals surface area contributed by atoms with E-state index >= 15 is 0 Å². The summed E-state index contributed by atoms with van der Waals surface area (Å²) < 4.78 is 17.8. The van der Waals surface area contributed by atoms with Gasteiger partial charge in [-0.1, -0.05) is 24.3 Å². The van der Waals surface area contributed by atoms with Crippen LogP contribution in [0.25, 0.3) is 10.8 Å². The average Bonchev–Trinajstić information content (AvgIpc) is 2.70. The zero-order valence-corrected chi connectivity index (χ0v) is 18.0. The molecule has 0 amide bonds. The summed E-state index contributed by atoms with van der Waals surface area (Å²) in [6.07, 6.45) is 3.86.